The molecule has 0 aliphatic carbocycles. The van der Waals surface area contributed by atoms with Crippen LogP contribution >= 0.6 is 0 Å². The molecule has 0 aliphatic heterocycles. The number of anilines is 1. The van der Waals surface area contributed by atoms with Gasteiger partial charge < -0.3 is 15.1 Å². The van der Waals surface area contributed by atoms with Crippen LogP contribution in [0.2, 0.25) is 0 Å². The van der Waals surface area contributed by atoms with E-state index in [1.54, 1.807) is 13.1 Å². The Morgan fingerprint density at radius 2 is 2.45 bits per heavy atom. The molecular weight excluding hydrogens is 144 g/mol. The van der Waals surface area contributed by atoms with Gasteiger partial charge in [0.15, 0.2) is 0 Å². The topological polar surface area (TPSA) is 54.3 Å². The molecule has 0 bridgehead atoms. The van der Waals surface area contributed by atoms with Gasteiger partial charge in [-0.3, -0.25) is 0 Å². The molecule has 1 aromatic heterocycles. The number of carbonyl (C=O) groups excluding carboxylic acids is 1. The van der Waals surface area contributed by atoms with E-state index < -0.39 is 0 Å². The molecule has 4 nitrogen and oxygen atoms in total. The minimum atomic E-state index is -0.272. The van der Waals surface area contributed by atoms with Crippen LogP contribution in [0.15, 0.2) is 16.7 Å². The molecule has 0 saturated carbocycles. The number of hydrogen-bond donors (Lipinski definition) is 2. The van der Waals surface area contributed by atoms with E-state index in [4.69, 9.17) is 4.42 Å². The second-order valence-electron chi connectivity index (χ2n) is 2.01. The Kier molecular flexibility index (Phi) is 2.15. The number of furan rings is 1. The standard InChI is InChI=1S/C7H9N2O2/c1-5-3-6(4-11-5)9-7(10)8-2/h3-4H,1H2,2H3,(H2,8,9,10). The smallest absolute Gasteiger partial charge is 0.319 e. The van der Waals surface area contributed by atoms with Gasteiger partial charge >= 0.3 is 6.03 Å². The second kappa shape index (κ2) is 3.09. The van der Waals surface area contributed by atoms with Crippen molar-refractivity contribution in [3.63, 3.8) is 0 Å². The fourth-order valence-corrected chi connectivity index (χ4v) is 0.640. The highest BCUT2D eigenvalue weighted by molar-refractivity contribution is 5.88. The van der Waals surface area contributed by atoms with Crippen molar-refractivity contribution in [1.29, 1.82) is 0 Å². The Balaban J connectivity index is 2.57. The maximum Gasteiger partial charge on any atom is 0.319 e. The maximum atomic E-state index is 10.7. The molecule has 0 saturated heterocycles. The number of amides is 2. The molecule has 1 radical (unpaired) electrons. The number of hydrogen-bond acceptors (Lipinski definition) is 2. The molecular formula is C7H9N2O2. The minimum absolute atomic E-state index is 0.272. The average Bonchev–Trinajstić information content (AvgIpc) is 2.35. The molecule has 1 rings (SSSR count). The van der Waals surface area contributed by atoms with E-state index in [0.717, 1.165) is 0 Å². The molecule has 0 aliphatic rings. The predicted molar refractivity (Wildman–Crippen MR) is 41.2 cm³/mol. The van der Waals surface area contributed by atoms with Gasteiger partial charge in [-0.2, -0.15) is 0 Å². The lowest BCUT2D eigenvalue weighted by Gasteiger charge is -1.97. The summed E-state index contributed by atoms with van der Waals surface area (Å²) in [5, 5.41) is 4.94. The molecule has 11 heavy (non-hydrogen) atoms. The van der Waals surface area contributed by atoms with Crippen LogP contribution in [0.25, 0.3) is 0 Å². The van der Waals surface area contributed by atoms with Gasteiger partial charge in [-0.1, -0.05) is 0 Å². The highest BCUT2D eigenvalue weighted by atomic mass is 16.3. The molecule has 0 fully saturated rings. The average molecular weight is 153 g/mol. The zero-order valence-electron chi connectivity index (χ0n) is 6.18. The van der Waals surface area contributed by atoms with E-state index in [9.17, 15) is 4.79 Å². The van der Waals surface area contributed by atoms with Crippen LogP contribution in [0.1, 0.15) is 5.76 Å². The zero-order chi connectivity index (χ0) is 8.27. The van der Waals surface area contributed by atoms with Crippen LogP contribution in [0.3, 0.4) is 0 Å². The van der Waals surface area contributed by atoms with Gasteiger partial charge in [-0.25, -0.2) is 4.79 Å². The normalized spacial score (nSPS) is 9.27. The van der Waals surface area contributed by atoms with Crippen LogP contribution < -0.4 is 10.6 Å². The third-order valence-corrected chi connectivity index (χ3v) is 1.14. The zero-order valence-corrected chi connectivity index (χ0v) is 6.18. The fraction of sp³-hybridized carbons (Fsp3) is 0.143. The van der Waals surface area contributed by atoms with E-state index in [1.807, 2.05) is 0 Å². The molecule has 1 aromatic rings. The quantitative estimate of drug-likeness (QED) is 0.637. The van der Waals surface area contributed by atoms with Crippen molar-refractivity contribution in [2.24, 2.45) is 0 Å². The number of carbonyl (C=O) groups is 1. The van der Waals surface area contributed by atoms with E-state index in [1.165, 1.54) is 6.26 Å². The highest BCUT2D eigenvalue weighted by Gasteiger charge is 2.00. The van der Waals surface area contributed by atoms with E-state index in [-0.39, 0.29) is 6.03 Å². The summed E-state index contributed by atoms with van der Waals surface area (Å²) in [6.45, 7) is 3.54. The summed E-state index contributed by atoms with van der Waals surface area (Å²) >= 11 is 0. The van der Waals surface area contributed by atoms with Crippen molar-refractivity contribution >= 4 is 11.7 Å². The van der Waals surface area contributed by atoms with Gasteiger partial charge in [0, 0.05) is 20.0 Å². The first-order valence-corrected chi connectivity index (χ1v) is 3.11. The summed E-state index contributed by atoms with van der Waals surface area (Å²) in [5.41, 5.74) is 0.606. The lowest BCUT2D eigenvalue weighted by Crippen LogP contribution is -2.24. The van der Waals surface area contributed by atoms with Crippen molar-refractivity contribution in [2.45, 2.75) is 0 Å². The molecule has 0 atom stereocenters. The second-order valence-corrected chi connectivity index (χ2v) is 2.01. The Morgan fingerprint density at radius 3 is 2.91 bits per heavy atom. The SMILES string of the molecule is [CH2]c1cc(NC(=O)NC)co1. The molecule has 0 spiro atoms. The molecule has 2 N–H and O–H groups in total. The molecule has 1 heterocycles. The van der Waals surface area contributed by atoms with Crippen molar-refractivity contribution in [1.82, 2.24) is 5.32 Å². The van der Waals surface area contributed by atoms with E-state index in [2.05, 4.69) is 17.6 Å². The first-order chi connectivity index (χ1) is 5.22. The van der Waals surface area contributed by atoms with Gasteiger partial charge in [0.05, 0.1) is 5.69 Å². The fourth-order valence-electron chi connectivity index (χ4n) is 0.640. The summed E-state index contributed by atoms with van der Waals surface area (Å²) in [7, 11) is 1.54. The Labute approximate surface area is 64.6 Å². The Hall–Kier alpha value is -1.45. The number of urea groups is 1. The molecule has 59 valence electrons. The number of rotatable bonds is 1. The van der Waals surface area contributed by atoms with E-state index >= 15 is 0 Å². The molecule has 0 unspecified atom stereocenters. The summed E-state index contributed by atoms with van der Waals surface area (Å²) in [6.07, 6.45) is 1.43. The van der Waals surface area contributed by atoms with Gasteiger partial charge in [0.25, 0.3) is 0 Å². The maximum absolute atomic E-state index is 10.7. The lowest BCUT2D eigenvalue weighted by atomic mass is 10.4. The van der Waals surface area contributed by atoms with Crippen molar-refractivity contribution in [2.75, 3.05) is 12.4 Å². The summed E-state index contributed by atoms with van der Waals surface area (Å²) in [6, 6.07) is 1.36. The van der Waals surface area contributed by atoms with Crippen molar-refractivity contribution < 1.29 is 9.21 Å². The predicted octanol–water partition coefficient (Wildman–Crippen LogP) is 1.21. The summed E-state index contributed by atoms with van der Waals surface area (Å²) in [4.78, 5) is 10.7. The van der Waals surface area contributed by atoms with Crippen molar-refractivity contribution in [3.8, 4) is 0 Å². The lowest BCUT2D eigenvalue weighted by molar-refractivity contribution is 0.254. The molecule has 0 aromatic carbocycles. The summed E-state index contributed by atoms with van der Waals surface area (Å²) in [5.74, 6) is 0.524. The van der Waals surface area contributed by atoms with Crippen molar-refractivity contribution in [3.05, 3.63) is 25.0 Å². The van der Waals surface area contributed by atoms with Crippen LogP contribution in [0, 0.1) is 6.92 Å². The molecule has 4 heteroatoms. The van der Waals surface area contributed by atoms with Gasteiger partial charge in [-0.15, -0.1) is 0 Å². The summed E-state index contributed by atoms with van der Waals surface area (Å²) < 4.78 is 4.86. The van der Waals surface area contributed by atoms with Crippen LogP contribution in [-0.2, 0) is 0 Å². The van der Waals surface area contributed by atoms with Gasteiger partial charge in [0.1, 0.15) is 12.0 Å². The highest BCUT2D eigenvalue weighted by Crippen LogP contribution is 2.10. The van der Waals surface area contributed by atoms with Crippen LogP contribution in [0.5, 0.6) is 0 Å². The third-order valence-electron chi connectivity index (χ3n) is 1.14. The Morgan fingerprint density at radius 1 is 1.73 bits per heavy atom. The van der Waals surface area contributed by atoms with Gasteiger partial charge in [-0.05, 0) is 0 Å². The molecule has 2 amide bonds. The third kappa shape index (κ3) is 2.00. The number of nitrogens with one attached hydrogen (secondary N) is 2. The van der Waals surface area contributed by atoms with Crippen LogP contribution in [-0.4, -0.2) is 13.1 Å². The largest absolute Gasteiger partial charge is 0.467 e. The monoisotopic (exact) mass is 153 g/mol. The van der Waals surface area contributed by atoms with E-state index in [0.29, 0.717) is 11.4 Å². The Bertz CT molecular complexity index is 255. The van der Waals surface area contributed by atoms with Gasteiger partial charge in [0.2, 0.25) is 0 Å². The van der Waals surface area contributed by atoms with Crippen LogP contribution in [0.4, 0.5) is 10.5 Å². The first-order valence-electron chi connectivity index (χ1n) is 3.11. The first kappa shape index (κ1) is 7.65. The minimum Gasteiger partial charge on any atom is -0.467 e.